The zero-order valence-electron chi connectivity index (χ0n) is 11.9. The van der Waals surface area contributed by atoms with E-state index < -0.39 is 5.82 Å². The van der Waals surface area contributed by atoms with E-state index in [0.717, 1.165) is 0 Å². The molecule has 3 nitrogen and oxygen atoms in total. The first-order valence-corrected chi connectivity index (χ1v) is 7.00. The van der Waals surface area contributed by atoms with E-state index in [-0.39, 0.29) is 5.78 Å². The summed E-state index contributed by atoms with van der Waals surface area (Å²) in [4.78, 5) is 11.8. The van der Waals surface area contributed by atoms with E-state index in [1.807, 2.05) is 0 Å². The van der Waals surface area contributed by atoms with Crippen molar-refractivity contribution in [2.75, 3.05) is 14.2 Å². The fourth-order valence-corrected chi connectivity index (χ4v) is 2.82. The largest absolute Gasteiger partial charge is 0.495 e. The highest BCUT2D eigenvalue weighted by Crippen LogP contribution is 2.43. The summed E-state index contributed by atoms with van der Waals surface area (Å²) in [6, 6.07) is 7.55. The molecular formula is C16H14BrFO3. The number of carbonyl (C=O) groups is 1. The van der Waals surface area contributed by atoms with Crippen LogP contribution in [0.5, 0.6) is 11.5 Å². The maximum Gasteiger partial charge on any atom is 0.160 e. The predicted octanol–water partition coefficient (Wildman–Crippen LogP) is 4.48. The van der Waals surface area contributed by atoms with Crippen LogP contribution in [0.25, 0.3) is 11.1 Å². The number of ether oxygens (including phenoxy) is 2. The average molecular weight is 353 g/mol. The highest BCUT2D eigenvalue weighted by atomic mass is 79.9. The second-order valence-corrected chi connectivity index (χ2v) is 5.20. The smallest absolute Gasteiger partial charge is 0.160 e. The molecule has 0 fully saturated rings. The van der Waals surface area contributed by atoms with Gasteiger partial charge in [-0.1, -0.05) is 0 Å². The molecule has 0 heterocycles. The van der Waals surface area contributed by atoms with Gasteiger partial charge < -0.3 is 9.47 Å². The number of rotatable bonds is 4. The summed E-state index contributed by atoms with van der Waals surface area (Å²) in [5.41, 5.74) is 1.55. The summed E-state index contributed by atoms with van der Waals surface area (Å²) in [7, 11) is 3.05. The van der Waals surface area contributed by atoms with Crippen LogP contribution in [0.2, 0.25) is 0 Å². The predicted molar refractivity (Wildman–Crippen MR) is 82.6 cm³/mol. The zero-order chi connectivity index (χ0) is 15.6. The molecule has 0 spiro atoms. The molecule has 0 N–H and O–H groups in total. The molecule has 0 atom stereocenters. The minimum absolute atomic E-state index is 0.140. The summed E-state index contributed by atoms with van der Waals surface area (Å²) >= 11 is 3.40. The van der Waals surface area contributed by atoms with Gasteiger partial charge in [-0.05, 0) is 58.7 Å². The standard InChI is InChI=1S/C16H14BrFO3/c1-9(19)11-5-4-10(18)8-13(11)12-6-7-14(20-2)15(17)16(12)21-3/h4-8H,1-3H3. The van der Waals surface area contributed by atoms with Crippen LogP contribution in [0, 0.1) is 5.82 Å². The summed E-state index contributed by atoms with van der Waals surface area (Å²) in [6.07, 6.45) is 0. The number of hydrogen-bond acceptors (Lipinski definition) is 3. The molecule has 0 radical (unpaired) electrons. The van der Waals surface area contributed by atoms with Gasteiger partial charge in [0.2, 0.25) is 0 Å². The first-order valence-electron chi connectivity index (χ1n) is 6.21. The van der Waals surface area contributed by atoms with Gasteiger partial charge in [-0.25, -0.2) is 4.39 Å². The van der Waals surface area contributed by atoms with Crippen molar-refractivity contribution < 1.29 is 18.7 Å². The van der Waals surface area contributed by atoms with Gasteiger partial charge >= 0.3 is 0 Å². The minimum Gasteiger partial charge on any atom is -0.495 e. The molecular weight excluding hydrogens is 339 g/mol. The molecule has 2 aromatic carbocycles. The molecule has 21 heavy (non-hydrogen) atoms. The molecule has 110 valence electrons. The van der Waals surface area contributed by atoms with E-state index in [4.69, 9.17) is 9.47 Å². The number of halogens is 2. The Morgan fingerprint density at radius 2 is 1.81 bits per heavy atom. The van der Waals surface area contributed by atoms with Crippen LogP contribution in [0.3, 0.4) is 0 Å². The number of hydrogen-bond donors (Lipinski definition) is 0. The SMILES string of the molecule is COc1ccc(-c2cc(F)ccc2C(C)=O)c(OC)c1Br. The maximum absolute atomic E-state index is 13.6. The molecule has 0 amide bonds. The summed E-state index contributed by atoms with van der Waals surface area (Å²) in [5.74, 6) is 0.529. The van der Waals surface area contributed by atoms with Crippen molar-refractivity contribution in [3.63, 3.8) is 0 Å². The number of carbonyl (C=O) groups excluding carboxylic acids is 1. The molecule has 0 aromatic heterocycles. The Morgan fingerprint density at radius 1 is 1.10 bits per heavy atom. The average Bonchev–Trinajstić information content (AvgIpc) is 2.46. The van der Waals surface area contributed by atoms with Crippen LogP contribution in [0.15, 0.2) is 34.8 Å². The molecule has 0 aliphatic carbocycles. The van der Waals surface area contributed by atoms with Gasteiger partial charge in [0, 0.05) is 11.1 Å². The highest BCUT2D eigenvalue weighted by Gasteiger charge is 2.18. The Labute approximate surface area is 130 Å². The molecule has 0 unspecified atom stereocenters. The first-order chi connectivity index (χ1) is 9.99. The number of Topliss-reactive ketones (excluding diaryl/α,β-unsaturated/α-hetero) is 1. The Hall–Kier alpha value is -1.88. The number of benzene rings is 2. The highest BCUT2D eigenvalue weighted by molar-refractivity contribution is 9.10. The van der Waals surface area contributed by atoms with Crippen molar-refractivity contribution in [3.05, 3.63) is 46.2 Å². The Bertz CT molecular complexity index is 698. The topological polar surface area (TPSA) is 35.5 Å². The van der Waals surface area contributed by atoms with Gasteiger partial charge in [0.05, 0.1) is 14.2 Å². The second kappa shape index (κ2) is 6.26. The van der Waals surface area contributed by atoms with E-state index >= 15 is 0 Å². The Balaban J connectivity index is 2.75. The minimum atomic E-state index is -0.413. The van der Waals surface area contributed by atoms with Crippen molar-refractivity contribution in [2.45, 2.75) is 6.92 Å². The molecule has 0 saturated heterocycles. The van der Waals surface area contributed by atoms with Gasteiger partial charge in [-0.3, -0.25) is 4.79 Å². The normalized spacial score (nSPS) is 10.3. The van der Waals surface area contributed by atoms with Crippen LogP contribution in [0.4, 0.5) is 4.39 Å². The van der Waals surface area contributed by atoms with E-state index in [0.29, 0.717) is 32.7 Å². The fourth-order valence-electron chi connectivity index (χ4n) is 2.15. The molecule has 0 aliphatic heterocycles. The number of ketones is 1. The van der Waals surface area contributed by atoms with Crippen molar-refractivity contribution in [1.82, 2.24) is 0 Å². The van der Waals surface area contributed by atoms with Gasteiger partial charge in [-0.15, -0.1) is 0 Å². The van der Waals surface area contributed by atoms with Crippen LogP contribution in [0.1, 0.15) is 17.3 Å². The third-order valence-corrected chi connectivity index (χ3v) is 3.89. The lowest BCUT2D eigenvalue weighted by atomic mass is 9.96. The molecule has 2 aromatic rings. The van der Waals surface area contributed by atoms with E-state index in [1.165, 1.54) is 32.2 Å². The summed E-state index contributed by atoms with van der Waals surface area (Å²) in [5, 5.41) is 0. The Kier molecular flexibility index (Phi) is 4.63. The Morgan fingerprint density at radius 3 is 2.38 bits per heavy atom. The van der Waals surface area contributed by atoms with Crippen molar-refractivity contribution >= 4 is 21.7 Å². The molecule has 0 aliphatic rings. The van der Waals surface area contributed by atoms with Gasteiger partial charge in [0.25, 0.3) is 0 Å². The van der Waals surface area contributed by atoms with Crippen LogP contribution in [-0.4, -0.2) is 20.0 Å². The fraction of sp³-hybridized carbons (Fsp3) is 0.188. The van der Waals surface area contributed by atoms with Crippen LogP contribution >= 0.6 is 15.9 Å². The van der Waals surface area contributed by atoms with Gasteiger partial charge in [0.1, 0.15) is 21.8 Å². The molecule has 0 saturated carbocycles. The molecule has 2 rings (SSSR count). The van der Waals surface area contributed by atoms with E-state index in [2.05, 4.69) is 15.9 Å². The van der Waals surface area contributed by atoms with Crippen molar-refractivity contribution in [2.24, 2.45) is 0 Å². The van der Waals surface area contributed by atoms with Crippen LogP contribution in [-0.2, 0) is 0 Å². The van der Waals surface area contributed by atoms with Crippen LogP contribution < -0.4 is 9.47 Å². The van der Waals surface area contributed by atoms with E-state index in [1.54, 1.807) is 19.2 Å². The lowest BCUT2D eigenvalue weighted by Gasteiger charge is -2.15. The quantitative estimate of drug-likeness (QED) is 0.761. The zero-order valence-corrected chi connectivity index (χ0v) is 13.5. The molecule has 0 bridgehead atoms. The van der Waals surface area contributed by atoms with Gasteiger partial charge in [0.15, 0.2) is 5.78 Å². The maximum atomic E-state index is 13.6. The summed E-state index contributed by atoms with van der Waals surface area (Å²) in [6.45, 7) is 1.45. The van der Waals surface area contributed by atoms with Crippen molar-refractivity contribution in [1.29, 1.82) is 0 Å². The lowest BCUT2D eigenvalue weighted by Crippen LogP contribution is -1.99. The monoisotopic (exact) mass is 352 g/mol. The first kappa shape index (κ1) is 15.5. The lowest BCUT2D eigenvalue weighted by molar-refractivity contribution is 0.101. The summed E-state index contributed by atoms with van der Waals surface area (Å²) < 4.78 is 24.8. The number of methoxy groups -OCH3 is 2. The van der Waals surface area contributed by atoms with Gasteiger partial charge in [-0.2, -0.15) is 0 Å². The third kappa shape index (κ3) is 2.93. The molecule has 5 heteroatoms. The van der Waals surface area contributed by atoms with E-state index in [9.17, 15) is 9.18 Å². The van der Waals surface area contributed by atoms with Crippen molar-refractivity contribution in [3.8, 4) is 22.6 Å². The third-order valence-electron chi connectivity index (χ3n) is 3.14. The second-order valence-electron chi connectivity index (χ2n) is 4.41.